The third-order valence-corrected chi connectivity index (χ3v) is 5.97. The normalized spacial score (nSPS) is 14.7. The van der Waals surface area contributed by atoms with E-state index in [0.717, 1.165) is 29.5 Å². The zero-order chi connectivity index (χ0) is 18.8. The van der Waals surface area contributed by atoms with Crippen molar-refractivity contribution < 1.29 is 4.79 Å². The van der Waals surface area contributed by atoms with Gasteiger partial charge < -0.3 is 9.47 Å². The summed E-state index contributed by atoms with van der Waals surface area (Å²) in [7, 11) is 1.92. The van der Waals surface area contributed by atoms with Gasteiger partial charge in [0.1, 0.15) is 0 Å². The quantitative estimate of drug-likeness (QED) is 0.652. The molecule has 3 heterocycles. The Balaban J connectivity index is 1.46. The molecule has 138 valence electrons. The van der Waals surface area contributed by atoms with Crippen LogP contribution in [0.4, 0.5) is 0 Å². The van der Waals surface area contributed by atoms with Crippen LogP contribution in [-0.2, 0) is 24.8 Å². The van der Waals surface area contributed by atoms with Crippen LogP contribution in [0.15, 0.2) is 53.9 Å². The van der Waals surface area contributed by atoms with Crippen LogP contribution in [0.25, 0.3) is 11.4 Å². The van der Waals surface area contributed by atoms with Crippen LogP contribution in [0.1, 0.15) is 18.1 Å². The molecule has 0 saturated carbocycles. The Morgan fingerprint density at radius 3 is 2.63 bits per heavy atom. The maximum absolute atomic E-state index is 12.9. The van der Waals surface area contributed by atoms with E-state index in [1.54, 1.807) is 12.4 Å². The molecule has 1 aliphatic rings. The van der Waals surface area contributed by atoms with E-state index >= 15 is 0 Å². The lowest BCUT2D eigenvalue weighted by molar-refractivity contribution is -0.131. The number of pyridine rings is 1. The molecule has 0 saturated heterocycles. The Bertz CT molecular complexity index is 956. The Hall–Kier alpha value is -2.67. The van der Waals surface area contributed by atoms with Crippen molar-refractivity contribution in [3.63, 3.8) is 0 Å². The van der Waals surface area contributed by atoms with Crippen molar-refractivity contribution in [2.45, 2.75) is 30.3 Å². The summed E-state index contributed by atoms with van der Waals surface area (Å²) in [4.78, 5) is 18.9. The van der Waals surface area contributed by atoms with Crippen molar-refractivity contribution in [1.29, 1.82) is 0 Å². The number of hydrogen-bond donors (Lipinski definition) is 0. The molecule has 1 amide bonds. The fourth-order valence-corrected chi connectivity index (χ4v) is 4.22. The van der Waals surface area contributed by atoms with Crippen molar-refractivity contribution in [2.24, 2.45) is 7.05 Å². The van der Waals surface area contributed by atoms with Gasteiger partial charge in [0.25, 0.3) is 0 Å². The van der Waals surface area contributed by atoms with Gasteiger partial charge in [0, 0.05) is 38.1 Å². The monoisotopic (exact) mass is 379 g/mol. The minimum absolute atomic E-state index is 0.142. The molecule has 3 aromatic rings. The summed E-state index contributed by atoms with van der Waals surface area (Å²) in [6.07, 6.45) is 4.38. The van der Waals surface area contributed by atoms with Gasteiger partial charge in [0.15, 0.2) is 11.0 Å². The van der Waals surface area contributed by atoms with E-state index in [4.69, 9.17) is 0 Å². The fourth-order valence-electron chi connectivity index (χ4n) is 3.32. The molecule has 0 radical (unpaired) electrons. The van der Waals surface area contributed by atoms with Crippen molar-refractivity contribution in [2.75, 3.05) is 6.54 Å². The lowest BCUT2D eigenvalue weighted by Gasteiger charge is -2.30. The molecule has 1 aliphatic heterocycles. The van der Waals surface area contributed by atoms with Gasteiger partial charge in [-0.25, -0.2) is 0 Å². The highest BCUT2D eigenvalue weighted by molar-refractivity contribution is 8.00. The smallest absolute Gasteiger partial charge is 0.236 e. The molecule has 1 atom stereocenters. The molecule has 27 heavy (non-hydrogen) atoms. The van der Waals surface area contributed by atoms with E-state index in [2.05, 4.69) is 33.4 Å². The van der Waals surface area contributed by atoms with Crippen LogP contribution in [-0.4, -0.2) is 42.4 Å². The molecule has 7 heteroatoms. The van der Waals surface area contributed by atoms with E-state index in [9.17, 15) is 4.79 Å². The molecule has 0 bridgehead atoms. The van der Waals surface area contributed by atoms with Gasteiger partial charge in [-0.2, -0.15) is 0 Å². The first-order valence-corrected chi connectivity index (χ1v) is 9.83. The average molecular weight is 379 g/mol. The maximum Gasteiger partial charge on any atom is 0.236 e. The number of carbonyl (C=O) groups excluding carboxylic acids is 1. The van der Waals surface area contributed by atoms with E-state index in [1.165, 1.54) is 22.9 Å². The summed E-state index contributed by atoms with van der Waals surface area (Å²) in [6.45, 7) is 3.39. The Morgan fingerprint density at radius 1 is 1.11 bits per heavy atom. The number of carbonyl (C=O) groups is 1. The van der Waals surface area contributed by atoms with Gasteiger partial charge in [-0.1, -0.05) is 36.0 Å². The first-order valence-electron chi connectivity index (χ1n) is 8.95. The number of benzene rings is 1. The van der Waals surface area contributed by atoms with Crippen LogP contribution in [0.2, 0.25) is 0 Å². The van der Waals surface area contributed by atoms with Crippen molar-refractivity contribution in [1.82, 2.24) is 24.6 Å². The largest absolute Gasteiger partial charge is 0.337 e. The highest BCUT2D eigenvalue weighted by atomic mass is 32.2. The van der Waals surface area contributed by atoms with E-state index in [-0.39, 0.29) is 11.2 Å². The van der Waals surface area contributed by atoms with Crippen molar-refractivity contribution in [3.8, 4) is 11.4 Å². The van der Waals surface area contributed by atoms with Crippen LogP contribution in [0.5, 0.6) is 0 Å². The van der Waals surface area contributed by atoms with Gasteiger partial charge in [-0.3, -0.25) is 9.78 Å². The number of nitrogens with zero attached hydrogens (tertiary/aromatic N) is 5. The van der Waals surface area contributed by atoms with Gasteiger partial charge >= 0.3 is 0 Å². The molecule has 2 aromatic heterocycles. The van der Waals surface area contributed by atoms with Crippen LogP contribution in [0.3, 0.4) is 0 Å². The molecule has 4 rings (SSSR count). The topological polar surface area (TPSA) is 63.9 Å². The maximum atomic E-state index is 12.9. The zero-order valence-corrected chi connectivity index (χ0v) is 16.2. The van der Waals surface area contributed by atoms with Crippen molar-refractivity contribution >= 4 is 17.7 Å². The summed E-state index contributed by atoms with van der Waals surface area (Å²) in [5.74, 6) is 0.911. The molecule has 0 aliphatic carbocycles. The summed E-state index contributed by atoms with van der Waals surface area (Å²) >= 11 is 1.45. The summed E-state index contributed by atoms with van der Waals surface area (Å²) in [6, 6.07) is 12.1. The summed E-state index contributed by atoms with van der Waals surface area (Å²) in [5, 5.41) is 9.08. The van der Waals surface area contributed by atoms with Crippen molar-refractivity contribution in [3.05, 3.63) is 59.9 Å². The minimum atomic E-state index is -0.219. The Labute approximate surface area is 162 Å². The molecule has 0 fully saturated rings. The second-order valence-corrected chi connectivity index (χ2v) is 7.95. The lowest BCUT2D eigenvalue weighted by Crippen LogP contribution is -2.40. The standard InChI is InChI=1S/C20H21N5OS/c1-14(19(26)25-12-9-15-5-3-4-6-17(15)13-25)27-20-23-22-18(24(20)2)16-7-10-21-11-8-16/h3-8,10-11,14H,9,12-13H2,1-2H3/t14-/m0/s1. The average Bonchev–Trinajstić information content (AvgIpc) is 3.08. The molecule has 1 aromatic carbocycles. The van der Waals surface area contributed by atoms with Gasteiger partial charge in [-0.05, 0) is 36.6 Å². The number of amides is 1. The first-order chi connectivity index (χ1) is 13.1. The SMILES string of the molecule is C[C@H](Sc1nnc(-c2ccncc2)n1C)C(=O)N1CCc2ccccc2C1. The number of thioether (sulfide) groups is 1. The van der Waals surface area contributed by atoms with E-state index < -0.39 is 0 Å². The van der Waals surface area contributed by atoms with Crippen LogP contribution < -0.4 is 0 Å². The number of fused-ring (bicyclic) bond motifs is 1. The predicted molar refractivity (Wildman–Crippen MR) is 105 cm³/mol. The molecule has 0 spiro atoms. The minimum Gasteiger partial charge on any atom is -0.337 e. The number of rotatable bonds is 4. The van der Waals surface area contributed by atoms with Crippen LogP contribution in [0, 0.1) is 0 Å². The summed E-state index contributed by atoms with van der Waals surface area (Å²) in [5.41, 5.74) is 3.54. The third kappa shape index (κ3) is 3.60. The predicted octanol–water partition coefficient (Wildman–Crippen LogP) is 2.94. The van der Waals surface area contributed by atoms with Crippen LogP contribution >= 0.6 is 11.8 Å². The second-order valence-electron chi connectivity index (χ2n) is 6.64. The van der Waals surface area contributed by atoms with E-state index in [0.29, 0.717) is 6.54 Å². The first kappa shape index (κ1) is 17.7. The second kappa shape index (κ2) is 7.52. The highest BCUT2D eigenvalue weighted by Gasteiger charge is 2.26. The van der Waals surface area contributed by atoms with E-state index in [1.807, 2.05) is 41.6 Å². The number of aromatic nitrogens is 4. The van der Waals surface area contributed by atoms with Gasteiger partial charge in [-0.15, -0.1) is 10.2 Å². The fraction of sp³-hybridized carbons (Fsp3) is 0.300. The van der Waals surface area contributed by atoms with Gasteiger partial charge in [0.05, 0.1) is 5.25 Å². The highest BCUT2D eigenvalue weighted by Crippen LogP contribution is 2.28. The third-order valence-electron chi connectivity index (χ3n) is 4.85. The Morgan fingerprint density at radius 2 is 1.85 bits per heavy atom. The molecular formula is C20H21N5OS. The molecule has 0 N–H and O–H groups in total. The zero-order valence-electron chi connectivity index (χ0n) is 15.4. The molecular weight excluding hydrogens is 358 g/mol. The van der Waals surface area contributed by atoms with Gasteiger partial charge in [0.2, 0.25) is 5.91 Å². The Kier molecular flexibility index (Phi) is 4.94. The number of hydrogen-bond acceptors (Lipinski definition) is 5. The lowest BCUT2D eigenvalue weighted by atomic mass is 10.00. The summed E-state index contributed by atoms with van der Waals surface area (Å²) < 4.78 is 1.93. The molecule has 0 unspecified atom stereocenters. The molecule has 6 nitrogen and oxygen atoms in total.